The first-order valence-electron chi connectivity index (χ1n) is 5.33. The van der Waals surface area contributed by atoms with Gasteiger partial charge < -0.3 is 15.7 Å². The zero-order valence-corrected chi connectivity index (χ0v) is 10.3. The third-order valence-electron chi connectivity index (χ3n) is 1.93. The van der Waals surface area contributed by atoms with Gasteiger partial charge in [-0.1, -0.05) is 6.92 Å². The zero-order chi connectivity index (χ0) is 12.7. The van der Waals surface area contributed by atoms with Gasteiger partial charge in [-0.3, -0.25) is 0 Å². The quantitative estimate of drug-likeness (QED) is 0.711. The Morgan fingerprint density at radius 2 is 2.12 bits per heavy atom. The van der Waals surface area contributed by atoms with Gasteiger partial charge >= 0.3 is 12.0 Å². The number of hydrogen-bond donors (Lipinski definition) is 3. The summed E-state index contributed by atoms with van der Waals surface area (Å²) in [6, 6.07) is -0.207. The van der Waals surface area contributed by atoms with E-state index >= 15 is 0 Å². The zero-order valence-electron chi connectivity index (χ0n) is 9.52. The Morgan fingerprint density at radius 1 is 1.41 bits per heavy atom. The summed E-state index contributed by atoms with van der Waals surface area (Å²) >= 11 is 1.28. The predicted molar refractivity (Wildman–Crippen MR) is 64.5 cm³/mol. The highest BCUT2D eigenvalue weighted by Crippen LogP contribution is 2.09. The largest absolute Gasteiger partial charge is 0.476 e. The molecule has 1 aromatic rings. The van der Waals surface area contributed by atoms with Crippen molar-refractivity contribution in [2.24, 2.45) is 0 Å². The second-order valence-electron chi connectivity index (χ2n) is 3.36. The molecule has 7 heteroatoms. The Labute approximate surface area is 103 Å². The number of nitrogens with one attached hydrogen (secondary N) is 2. The van der Waals surface area contributed by atoms with Crippen molar-refractivity contribution < 1.29 is 14.7 Å². The average molecular weight is 257 g/mol. The first-order valence-corrected chi connectivity index (χ1v) is 6.20. The Hall–Kier alpha value is -1.63. The lowest BCUT2D eigenvalue weighted by Crippen LogP contribution is -2.36. The van der Waals surface area contributed by atoms with Gasteiger partial charge in [-0.05, 0) is 6.42 Å². The minimum Gasteiger partial charge on any atom is -0.476 e. The number of aromatic nitrogens is 1. The molecular weight excluding hydrogens is 242 g/mol. The summed E-state index contributed by atoms with van der Waals surface area (Å²) < 4.78 is 0. The minimum absolute atomic E-state index is 0.0560. The van der Waals surface area contributed by atoms with Gasteiger partial charge in [0.25, 0.3) is 0 Å². The molecule has 94 valence electrons. The first-order chi connectivity index (χ1) is 8.13. The highest BCUT2D eigenvalue weighted by atomic mass is 32.1. The van der Waals surface area contributed by atoms with Gasteiger partial charge in [0, 0.05) is 24.9 Å². The number of carboxylic acid groups (broad SMARTS) is 1. The number of aromatic carboxylic acids is 1. The molecule has 0 saturated heterocycles. The van der Waals surface area contributed by atoms with Crippen LogP contribution in [0.25, 0.3) is 0 Å². The van der Waals surface area contributed by atoms with Gasteiger partial charge in [0.2, 0.25) is 0 Å². The second-order valence-corrected chi connectivity index (χ2v) is 4.31. The standard InChI is InChI=1S/C10H15N3O3S/c1-2-4-11-10(16)12-5-3-8-13-7(6-17-8)9(14)15/h6H,2-5H2,1H3,(H,14,15)(H2,11,12,16). The number of urea groups is 1. The van der Waals surface area contributed by atoms with E-state index in [1.54, 1.807) is 0 Å². The Balaban J connectivity index is 2.26. The van der Waals surface area contributed by atoms with E-state index in [0.29, 0.717) is 24.5 Å². The van der Waals surface area contributed by atoms with Crippen LogP contribution < -0.4 is 10.6 Å². The van der Waals surface area contributed by atoms with Crippen molar-refractivity contribution in [3.63, 3.8) is 0 Å². The molecule has 6 nitrogen and oxygen atoms in total. The van der Waals surface area contributed by atoms with Crippen LogP contribution in [-0.4, -0.2) is 35.2 Å². The van der Waals surface area contributed by atoms with Crippen molar-refractivity contribution in [1.29, 1.82) is 0 Å². The number of carbonyl (C=O) groups excluding carboxylic acids is 1. The van der Waals surface area contributed by atoms with Gasteiger partial charge in [-0.15, -0.1) is 11.3 Å². The molecule has 0 bridgehead atoms. The van der Waals surface area contributed by atoms with Crippen LogP contribution in [0.4, 0.5) is 4.79 Å². The van der Waals surface area contributed by atoms with E-state index in [9.17, 15) is 9.59 Å². The summed E-state index contributed by atoms with van der Waals surface area (Å²) in [5.74, 6) is -1.03. The first kappa shape index (κ1) is 13.4. The average Bonchev–Trinajstić information content (AvgIpc) is 2.75. The summed E-state index contributed by atoms with van der Waals surface area (Å²) in [7, 11) is 0. The number of rotatable bonds is 6. The lowest BCUT2D eigenvalue weighted by Gasteiger charge is -2.04. The molecule has 0 unspecified atom stereocenters. The summed E-state index contributed by atoms with van der Waals surface area (Å²) in [5.41, 5.74) is 0.0560. The smallest absolute Gasteiger partial charge is 0.355 e. The predicted octanol–water partition coefficient (Wildman–Crippen LogP) is 1.09. The summed E-state index contributed by atoms with van der Waals surface area (Å²) in [5, 5.41) is 16.2. The molecule has 17 heavy (non-hydrogen) atoms. The van der Waals surface area contributed by atoms with Crippen molar-refractivity contribution in [2.45, 2.75) is 19.8 Å². The molecule has 0 fully saturated rings. The number of hydrogen-bond acceptors (Lipinski definition) is 4. The van der Waals surface area contributed by atoms with E-state index in [-0.39, 0.29) is 11.7 Å². The number of thiazole rings is 1. The molecule has 1 heterocycles. The topological polar surface area (TPSA) is 91.3 Å². The lowest BCUT2D eigenvalue weighted by molar-refractivity contribution is 0.0691. The van der Waals surface area contributed by atoms with E-state index in [1.807, 2.05) is 6.92 Å². The molecule has 1 rings (SSSR count). The SMILES string of the molecule is CCCNC(=O)NCCc1nc(C(=O)O)cs1. The van der Waals surface area contributed by atoms with Crippen LogP contribution in [0.2, 0.25) is 0 Å². The molecule has 0 aliphatic heterocycles. The molecule has 0 saturated carbocycles. The van der Waals surface area contributed by atoms with Crippen LogP contribution in [0.3, 0.4) is 0 Å². The molecule has 0 aliphatic carbocycles. The fourth-order valence-electron chi connectivity index (χ4n) is 1.11. The Bertz CT molecular complexity index is 392. The van der Waals surface area contributed by atoms with Crippen LogP contribution in [0.5, 0.6) is 0 Å². The van der Waals surface area contributed by atoms with Crippen LogP contribution in [0.15, 0.2) is 5.38 Å². The molecule has 2 amide bonds. The minimum atomic E-state index is -1.03. The maximum atomic E-state index is 11.2. The van der Waals surface area contributed by atoms with Gasteiger partial charge in [0.15, 0.2) is 5.69 Å². The fourth-order valence-corrected chi connectivity index (χ4v) is 1.88. The summed E-state index contributed by atoms with van der Waals surface area (Å²) in [4.78, 5) is 25.7. The van der Waals surface area contributed by atoms with Gasteiger partial charge in [0.05, 0.1) is 5.01 Å². The highest BCUT2D eigenvalue weighted by Gasteiger charge is 2.08. The molecule has 0 aliphatic rings. The van der Waals surface area contributed by atoms with E-state index in [2.05, 4.69) is 15.6 Å². The van der Waals surface area contributed by atoms with E-state index in [1.165, 1.54) is 16.7 Å². The normalized spacial score (nSPS) is 9.94. The second kappa shape index (κ2) is 6.85. The van der Waals surface area contributed by atoms with Gasteiger partial charge in [-0.2, -0.15) is 0 Å². The van der Waals surface area contributed by atoms with Gasteiger partial charge in [-0.25, -0.2) is 14.6 Å². The Morgan fingerprint density at radius 3 is 2.71 bits per heavy atom. The highest BCUT2D eigenvalue weighted by molar-refractivity contribution is 7.09. The van der Waals surface area contributed by atoms with E-state index < -0.39 is 5.97 Å². The molecule has 1 aromatic heterocycles. The number of nitrogens with zero attached hydrogens (tertiary/aromatic N) is 1. The molecular formula is C10H15N3O3S. The lowest BCUT2D eigenvalue weighted by atomic mass is 10.4. The van der Waals surface area contributed by atoms with Gasteiger partial charge in [0.1, 0.15) is 0 Å². The van der Waals surface area contributed by atoms with Crippen molar-refractivity contribution >= 4 is 23.3 Å². The van der Waals surface area contributed by atoms with Crippen molar-refractivity contribution in [3.8, 4) is 0 Å². The summed E-state index contributed by atoms with van der Waals surface area (Å²) in [6.45, 7) is 3.07. The molecule has 0 spiro atoms. The fraction of sp³-hybridized carbons (Fsp3) is 0.500. The van der Waals surface area contributed by atoms with E-state index in [0.717, 1.165) is 6.42 Å². The van der Waals surface area contributed by atoms with Crippen molar-refractivity contribution in [2.75, 3.05) is 13.1 Å². The third-order valence-corrected chi connectivity index (χ3v) is 2.84. The van der Waals surface area contributed by atoms with Crippen LogP contribution in [-0.2, 0) is 6.42 Å². The molecule has 3 N–H and O–H groups in total. The van der Waals surface area contributed by atoms with Crippen molar-refractivity contribution in [3.05, 3.63) is 16.1 Å². The number of carbonyl (C=O) groups is 2. The van der Waals surface area contributed by atoms with Crippen LogP contribution in [0.1, 0.15) is 28.8 Å². The molecule has 0 aromatic carbocycles. The maximum Gasteiger partial charge on any atom is 0.355 e. The van der Waals surface area contributed by atoms with Crippen molar-refractivity contribution in [1.82, 2.24) is 15.6 Å². The molecule has 0 atom stereocenters. The summed E-state index contributed by atoms with van der Waals surface area (Å²) in [6.07, 6.45) is 1.43. The number of amides is 2. The Kier molecular flexibility index (Phi) is 5.41. The maximum absolute atomic E-state index is 11.2. The third kappa shape index (κ3) is 4.81. The monoisotopic (exact) mass is 257 g/mol. The van der Waals surface area contributed by atoms with Crippen LogP contribution in [0, 0.1) is 0 Å². The number of carboxylic acids is 1. The molecule has 0 radical (unpaired) electrons. The van der Waals surface area contributed by atoms with E-state index in [4.69, 9.17) is 5.11 Å². The van der Waals surface area contributed by atoms with Crippen LogP contribution >= 0.6 is 11.3 Å².